The van der Waals surface area contributed by atoms with E-state index in [1.807, 2.05) is 0 Å². The van der Waals surface area contributed by atoms with Gasteiger partial charge in [-0.15, -0.1) is 0 Å². The van der Waals surface area contributed by atoms with E-state index in [4.69, 9.17) is 0 Å². The highest BCUT2D eigenvalue weighted by Gasteiger charge is 2.17. The van der Waals surface area contributed by atoms with Crippen molar-refractivity contribution in [1.29, 1.82) is 0 Å². The van der Waals surface area contributed by atoms with Crippen LogP contribution >= 0.6 is 0 Å². The van der Waals surface area contributed by atoms with E-state index in [2.05, 4.69) is 9.79 Å². The summed E-state index contributed by atoms with van der Waals surface area (Å²) in [4.78, 5) is 0.0118. The molecule has 2 rings (SSSR count). The van der Waals surface area contributed by atoms with Gasteiger partial charge in [0.1, 0.15) is 0 Å². The van der Waals surface area contributed by atoms with Crippen LogP contribution in [0.15, 0.2) is 16.8 Å². The van der Waals surface area contributed by atoms with Gasteiger partial charge in [-0.25, -0.2) is 4.39 Å². The van der Waals surface area contributed by atoms with E-state index >= 15 is 0 Å². The fourth-order valence-corrected chi connectivity index (χ4v) is 0.886. The molecule has 62 valence electrons. The van der Waals surface area contributed by atoms with Crippen LogP contribution in [-0.4, -0.2) is 5.16 Å². The normalized spacial score (nSPS) is 10.8. The van der Waals surface area contributed by atoms with Gasteiger partial charge in [0.05, 0.1) is 0 Å². The summed E-state index contributed by atoms with van der Waals surface area (Å²) in [6.45, 7) is 0. The predicted octanol–water partition coefficient (Wildman–Crippen LogP) is 0.739. The first-order chi connectivity index (χ1) is 5.70. The first-order valence-electron chi connectivity index (χ1n) is 3.03. The molecule has 12 heavy (non-hydrogen) atoms. The van der Waals surface area contributed by atoms with E-state index in [1.165, 1.54) is 0 Å². The van der Waals surface area contributed by atoms with Gasteiger partial charge in [-0.3, -0.25) is 4.63 Å². The smallest absolute Gasteiger partial charge is 0.287 e. The van der Waals surface area contributed by atoms with Crippen LogP contribution in [0.5, 0.6) is 0 Å². The molecule has 0 saturated carbocycles. The highest BCUT2D eigenvalue weighted by molar-refractivity contribution is 5.70. The van der Waals surface area contributed by atoms with E-state index in [-0.39, 0.29) is 10.4 Å². The molecular formula is C6H2F2N2O2. The van der Waals surface area contributed by atoms with Crippen LogP contribution in [0.25, 0.3) is 11.0 Å². The van der Waals surface area contributed by atoms with Crippen molar-refractivity contribution < 1.29 is 18.3 Å². The molecular weight excluding hydrogens is 170 g/mol. The number of nitrogens with zero attached hydrogens (tertiary/aromatic N) is 2. The first-order valence-corrected chi connectivity index (χ1v) is 3.03. The van der Waals surface area contributed by atoms with Crippen LogP contribution in [0.4, 0.5) is 8.78 Å². The molecule has 4 nitrogen and oxygen atoms in total. The third-order valence-electron chi connectivity index (χ3n) is 1.45. The molecule has 0 unspecified atom stereocenters. The number of aromatic nitrogens is 2. The van der Waals surface area contributed by atoms with Crippen molar-refractivity contribution in [2.75, 3.05) is 0 Å². The Morgan fingerprint density at radius 2 is 2.17 bits per heavy atom. The number of rotatable bonds is 0. The summed E-state index contributed by atoms with van der Waals surface area (Å²) in [5.41, 5.74) is -0.529. The maximum atomic E-state index is 12.8. The number of hydrogen-bond acceptors (Lipinski definition) is 3. The fourth-order valence-electron chi connectivity index (χ4n) is 0.886. The molecule has 1 aromatic heterocycles. The third-order valence-corrected chi connectivity index (χ3v) is 1.45. The molecule has 0 amide bonds. The molecule has 0 N–H and O–H groups in total. The Morgan fingerprint density at radius 3 is 2.92 bits per heavy atom. The van der Waals surface area contributed by atoms with Crippen molar-refractivity contribution in [3.63, 3.8) is 0 Å². The summed E-state index contributed by atoms with van der Waals surface area (Å²) in [6.07, 6.45) is 0. The van der Waals surface area contributed by atoms with Crippen molar-refractivity contribution in [3.05, 3.63) is 29.0 Å². The van der Waals surface area contributed by atoms with Gasteiger partial charge in [0.15, 0.2) is 5.82 Å². The SMILES string of the molecule is [O-][n+]1onc2c(F)c(F)ccc21. The summed E-state index contributed by atoms with van der Waals surface area (Å²) in [5.74, 6) is -2.23. The summed E-state index contributed by atoms with van der Waals surface area (Å²) >= 11 is 0. The van der Waals surface area contributed by atoms with Gasteiger partial charge in [-0.05, 0) is 17.0 Å². The molecule has 0 radical (unpaired) electrons. The molecule has 0 bridgehead atoms. The summed E-state index contributed by atoms with van der Waals surface area (Å²) in [5, 5.41) is 13.7. The number of hydrogen-bond donors (Lipinski definition) is 0. The maximum absolute atomic E-state index is 12.8. The molecule has 0 fully saturated rings. The van der Waals surface area contributed by atoms with Gasteiger partial charge >= 0.3 is 0 Å². The minimum absolute atomic E-state index is 0.0118. The largest absolute Gasteiger partial charge is 0.359 e. The quantitative estimate of drug-likeness (QED) is 0.550. The zero-order valence-corrected chi connectivity index (χ0v) is 5.62. The Morgan fingerprint density at radius 1 is 1.42 bits per heavy atom. The van der Waals surface area contributed by atoms with Crippen LogP contribution in [0, 0.1) is 16.8 Å². The second-order valence-electron chi connectivity index (χ2n) is 2.16. The minimum Gasteiger partial charge on any atom is -0.359 e. The van der Waals surface area contributed by atoms with Crippen molar-refractivity contribution in [3.8, 4) is 0 Å². The van der Waals surface area contributed by atoms with Crippen molar-refractivity contribution in [2.45, 2.75) is 0 Å². The molecule has 2 aromatic rings. The van der Waals surface area contributed by atoms with E-state index in [9.17, 15) is 14.0 Å². The summed E-state index contributed by atoms with van der Waals surface area (Å²) < 4.78 is 29.3. The monoisotopic (exact) mass is 172 g/mol. The first kappa shape index (κ1) is 6.96. The lowest BCUT2D eigenvalue weighted by molar-refractivity contribution is -0.782. The zero-order chi connectivity index (χ0) is 8.72. The second-order valence-corrected chi connectivity index (χ2v) is 2.16. The van der Waals surface area contributed by atoms with Gasteiger partial charge in [0.25, 0.3) is 5.52 Å². The summed E-state index contributed by atoms with van der Waals surface area (Å²) in [7, 11) is 0. The molecule has 1 aromatic carbocycles. The molecule has 0 aliphatic rings. The van der Waals surface area contributed by atoms with Crippen molar-refractivity contribution in [1.82, 2.24) is 5.16 Å². The van der Waals surface area contributed by atoms with E-state index in [0.717, 1.165) is 12.1 Å². The Balaban J connectivity index is 2.93. The predicted molar refractivity (Wildman–Crippen MR) is 32.9 cm³/mol. The summed E-state index contributed by atoms with van der Waals surface area (Å²) in [6, 6.07) is 1.93. The number of benzene rings is 1. The Labute approximate surface area is 64.5 Å². The molecule has 0 atom stereocenters. The number of fused-ring (bicyclic) bond motifs is 1. The lowest BCUT2D eigenvalue weighted by Crippen LogP contribution is -2.22. The zero-order valence-electron chi connectivity index (χ0n) is 5.62. The van der Waals surface area contributed by atoms with Gasteiger partial charge in [0, 0.05) is 5.16 Å². The van der Waals surface area contributed by atoms with Crippen LogP contribution < -0.4 is 4.90 Å². The van der Waals surface area contributed by atoms with Crippen molar-refractivity contribution >= 4 is 11.0 Å². The Hall–Kier alpha value is -1.72. The highest BCUT2D eigenvalue weighted by atomic mass is 19.2. The molecule has 0 aliphatic heterocycles. The van der Waals surface area contributed by atoms with Crippen LogP contribution in [0.1, 0.15) is 0 Å². The second kappa shape index (κ2) is 2.13. The molecule has 0 spiro atoms. The Kier molecular flexibility index (Phi) is 1.24. The van der Waals surface area contributed by atoms with Crippen molar-refractivity contribution in [2.24, 2.45) is 0 Å². The average Bonchev–Trinajstić information content (AvgIpc) is 2.41. The number of halogens is 2. The Bertz CT molecular complexity index is 440. The average molecular weight is 172 g/mol. The van der Waals surface area contributed by atoms with Crippen LogP contribution in [-0.2, 0) is 0 Å². The standard InChI is InChI=1S/C6H2F2N2O2/c7-3-1-2-4-6(5(3)8)9-12-10(4)11/h1-2H. The topological polar surface area (TPSA) is 53.0 Å². The van der Waals surface area contributed by atoms with Gasteiger partial charge in [-0.1, -0.05) is 0 Å². The molecule has 0 aliphatic carbocycles. The van der Waals surface area contributed by atoms with Gasteiger partial charge in [-0.2, -0.15) is 4.39 Å². The highest BCUT2D eigenvalue weighted by Crippen LogP contribution is 2.14. The van der Waals surface area contributed by atoms with Crippen LogP contribution in [0.2, 0.25) is 0 Å². The van der Waals surface area contributed by atoms with E-state index in [0.29, 0.717) is 0 Å². The van der Waals surface area contributed by atoms with Gasteiger partial charge in [0.2, 0.25) is 11.3 Å². The van der Waals surface area contributed by atoms with E-state index in [1.54, 1.807) is 0 Å². The minimum atomic E-state index is -1.18. The van der Waals surface area contributed by atoms with Gasteiger partial charge < -0.3 is 5.21 Å². The fraction of sp³-hybridized carbons (Fsp3) is 0. The van der Waals surface area contributed by atoms with E-state index < -0.39 is 17.2 Å². The lowest BCUT2D eigenvalue weighted by atomic mass is 10.3. The molecule has 0 saturated heterocycles. The lowest BCUT2D eigenvalue weighted by Gasteiger charge is -1.87. The maximum Gasteiger partial charge on any atom is 0.287 e. The molecule has 6 heteroatoms. The molecule has 1 heterocycles. The third kappa shape index (κ3) is 0.744. The van der Waals surface area contributed by atoms with Crippen LogP contribution in [0.3, 0.4) is 0 Å².